The lowest BCUT2D eigenvalue weighted by Crippen LogP contribution is -2.53. The molecule has 1 aliphatic rings. The normalized spacial score (nSPS) is 21.5. The van der Waals surface area contributed by atoms with Crippen molar-refractivity contribution in [2.75, 3.05) is 19.6 Å². The number of halogens is 3. The quantitative estimate of drug-likeness (QED) is 0.801. The lowest BCUT2D eigenvalue weighted by Gasteiger charge is -2.35. The summed E-state index contributed by atoms with van der Waals surface area (Å²) >= 11 is 0. The monoisotopic (exact) mass is 335 g/mol. The molecule has 0 spiro atoms. The average Bonchev–Trinajstić information content (AvgIpc) is 2.45. The van der Waals surface area contributed by atoms with Gasteiger partial charge in [0.1, 0.15) is 5.54 Å². The molecule has 5 nitrogen and oxygen atoms in total. The van der Waals surface area contributed by atoms with Crippen molar-refractivity contribution in [2.45, 2.75) is 51.4 Å². The molecule has 0 bridgehead atoms. The predicted molar refractivity (Wildman–Crippen MR) is 78.2 cm³/mol. The third-order valence-electron chi connectivity index (χ3n) is 4.57. The standard InChI is InChI=1S/C15H24F3N3O2/c1-10(2)14(3,9-19)20-12(22)8-21-6-4-11(5-7-21)13(23)15(16,17)18/h10-11,13,23H,4-8H2,1-3H3,(H,20,22). The summed E-state index contributed by atoms with van der Waals surface area (Å²) in [7, 11) is 0. The van der Waals surface area contributed by atoms with Gasteiger partial charge in [-0.2, -0.15) is 18.4 Å². The molecule has 8 heteroatoms. The number of alkyl halides is 3. The highest BCUT2D eigenvalue weighted by atomic mass is 19.4. The molecule has 1 fully saturated rings. The fourth-order valence-electron chi connectivity index (χ4n) is 2.53. The van der Waals surface area contributed by atoms with E-state index in [0.717, 1.165) is 0 Å². The lowest BCUT2D eigenvalue weighted by molar-refractivity contribution is -0.223. The van der Waals surface area contributed by atoms with Crippen LogP contribution < -0.4 is 5.32 Å². The van der Waals surface area contributed by atoms with Crippen molar-refractivity contribution in [2.24, 2.45) is 11.8 Å². The highest BCUT2D eigenvalue weighted by Gasteiger charge is 2.44. The minimum absolute atomic E-state index is 0.0405. The Morgan fingerprint density at radius 2 is 1.91 bits per heavy atom. The van der Waals surface area contributed by atoms with Crippen molar-refractivity contribution < 1.29 is 23.1 Å². The summed E-state index contributed by atoms with van der Waals surface area (Å²) in [5, 5.41) is 21.1. The van der Waals surface area contributed by atoms with E-state index in [0.29, 0.717) is 13.1 Å². The Labute approximate surface area is 134 Å². The third kappa shape index (κ3) is 5.36. The van der Waals surface area contributed by atoms with Gasteiger partial charge in [0.05, 0.1) is 12.6 Å². The third-order valence-corrected chi connectivity index (χ3v) is 4.57. The Morgan fingerprint density at radius 1 is 1.39 bits per heavy atom. The van der Waals surface area contributed by atoms with Crippen LogP contribution in [0.1, 0.15) is 33.6 Å². The zero-order valence-electron chi connectivity index (χ0n) is 13.7. The van der Waals surface area contributed by atoms with E-state index in [-0.39, 0.29) is 31.2 Å². The van der Waals surface area contributed by atoms with Crippen molar-refractivity contribution in [3.63, 3.8) is 0 Å². The van der Waals surface area contributed by atoms with E-state index in [9.17, 15) is 23.1 Å². The number of hydrogen-bond acceptors (Lipinski definition) is 4. The Balaban J connectivity index is 2.48. The van der Waals surface area contributed by atoms with Crippen LogP contribution in [0.5, 0.6) is 0 Å². The highest BCUT2D eigenvalue weighted by Crippen LogP contribution is 2.31. The zero-order chi connectivity index (χ0) is 17.8. The van der Waals surface area contributed by atoms with E-state index in [2.05, 4.69) is 11.4 Å². The molecule has 2 atom stereocenters. The van der Waals surface area contributed by atoms with E-state index in [4.69, 9.17) is 5.26 Å². The van der Waals surface area contributed by atoms with Crippen LogP contribution in [0.2, 0.25) is 0 Å². The van der Waals surface area contributed by atoms with E-state index < -0.39 is 23.7 Å². The van der Waals surface area contributed by atoms with Gasteiger partial charge in [-0.1, -0.05) is 13.8 Å². The summed E-state index contributed by atoms with van der Waals surface area (Å²) in [5.41, 5.74) is -0.970. The van der Waals surface area contributed by atoms with Gasteiger partial charge >= 0.3 is 6.18 Å². The first-order chi connectivity index (χ1) is 10.5. The van der Waals surface area contributed by atoms with Crippen LogP contribution in [0.3, 0.4) is 0 Å². The molecule has 0 aromatic carbocycles. The van der Waals surface area contributed by atoms with Crippen molar-refractivity contribution in [1.82, 2.24) is 10.2 Å². The second kappa shape index (κ2) is 7.49. The Morgan fingerprint density at radius 3 is 2.30 bits per heavy atom. The van der Waals surface area contributed by atoms with Crippen molar-refractivity contribution in [3.8, 4) is 6.07 Å². The zero-order valence-corrected chi connectivity index (χ0v) is 13.7. The summed E-state index contributed by atoms with van der Waals surface area (Å²) < 4.78 is 37.4. The predicted octanol–water partition coefficient (Wildman–Crippen LogP) is 1.68. The van der Waals surface area contributed by atoms with Crippen LogP contribution in [-0.2, 0) is 4.79 Å². The number of carbonyl (C=O) groups is 1. The maximum atomic E-state index is 12.5. The largest absolute Gasteiger partial charge is 0.414 e. The molecule has 1 aliphatic heterocycles. The second-order valence-corrected chi connectivity index (χ2v) is 6.62. The van der Waals surface area contributed by atoms with E-state index in [1.165, 1.54) is 0 Å². The fraction of sp³-hybridized carbons (Fsp3) is 0.867. The molecule has 0 radical (unpaired) electrons. The molecule has 1 rings (SSSR count). The molecule has 132 valence electrons. The van der Waals surface area contributed by atoms with E-state index >= 15 is 0 Å². The minimum atomic E-state index is -4.60. The van der Waals surface area contributed by atoms with Gasteiger partial charge in [0.2, 0.25) is 5.91 Å². The number of nitriles is 1. The van der Waals surface area contributed by atoms with Crippen LogP contribution in [0.4, 0.5) is 13.2 Å². The van der Waals surface area contributed by atoms with Gasteiger partial charge in [-0.15, -0.1) is 0 Å². The number of carbonyl (C=O) groups excluding carboxylic acids is 1. The minimum Gasteiger partial charge on any atom is -0.383 e. The van der Waals surface area contributed by atoms with Gasteiger partial charge in [0, 0.05) is 0 Å². The van der Waals surface area contributed by atoms with Gasteiger partial charge in [-0.05, 0) is 44.7 Å². The molecule has 2 N–H and O–H groups in total. The van der Waals surface area contributed by atoms with Crippen LogP contribution in [0.15, 0.2) is 0 Å². The van der Waals surface area contributed by atoms with Crippen molar-refractivity contribution in [3.05, 3.63) is 0 Å². The van der Waals surface area contributed by atoms with Crippen LogP contribution in [0.25, 0.3) is 0 Å². The first-order valence-electron chi connectivity index (χ1n) is 7.69. The van der Waals surface area contributed by atoms with Gasteiger partial charge in [0.15, 0.2) is 6.10 Å². The second-order valence-electron chi connectivity index (χ2n) is 6.62. The molecular weight excluding hydrogens is 311 g/mol. The van der Waals surface area contributed by atoms with Gasteiger partial charge in [-0.25, -0.2) is 0 Å². The first-order valence-corrected chi connectivity index (χ1v) is 7.69. The highest BCUT2D eigenvalue weighted by molar-refractivity contribution is 5.79. The molecule has 1 saturated heterocycles. The number of piperidine rings is 1. The Bertz CT molecular complexity index is 454. The summed E-state index contributed by atoms with van der Waals surface area (Å²) in [6, 6.07) is 2.08. The summed E-state index contributed by atoms with van der Waals surface area (Å²) in [5.74, 6) is -1.21. The maximum Gasteiger partial charge on any atom is 0.414 e. The number of nitrogens with one attached hydrogen (secondary N) is 1. The molecule has 2 unspecified atom stereocenters. The number of amides is 1. The van der Waals surface area contributed by atoms with Gasteiger partial charge in [0.25, 0.3) is 0 Å². The molecule has 0 aromatic rings. The summed E-state index contributed by atoms with van der Waals surface area (Å²) in [4.78, 5) is 13.8. The average molecular weight is 335 g/mol. The molecule has 1 amide bonds. The van der Waals surface area contributed by atoms with Crippen molar-refractivity contribution in [1.29, 1.82) is 5.26 Å². The van der Waals surface area contributed by atoms with Crippen LogP contribution in [-0.4, -0.2) is 53.4 Å². The number of nitrogens with zero attached hydrogens (tertiary/aromatic N) is 2. The number of aliphatic hydroxyl groups excluding tert-OH is 1. The maximum absolute atomic E-state index is 12.5. The Hall–Kier alpha value is -1.33. The topological polar surface area (TPSA) is 76.4 Å². The van der Waals surface area contributed by atoms with E-state index in [1.807, 2.05) is 13.8 Å². The summed E-state index contributed by atoms with van der Waals surface area (Å²) in [6.07, 6.45) is -6.53. The smallest absolute Gasteiger partial charge is 0.383 e. The Kier molecular flexibility index (Phi) is 6.42. The number of aliphatic hydroxyl groups is 1. The lowest BCUT2D eigenvalue weighted by atomic mass is 9.89. The molecule has 0 aliphatic carbocycles. The molecular formula is C15H24F3N3O2. The number of hydrogen-bond donors (Lipinski definition) is 2. The molecule has 0 saturated carbocycles. The molecule has 0 aromatic heterocycles. The van der Waals surface area contributed by atoms with Crippen LogP contribution in [0, 0.1) is 23.2 Å². The van der Waals surface area contributed by atoms with E-state index in [1.54, 1.807) is 11.8 Å². The number of rotatable bonds is 5. The number of likely N-dealkylation sites (tertiary alicyclic amines) is 1. The SMILES string of the molecule is CC(C)C(C)(C#N)NC(=O)CN1CCC(C(O)C(F)(F)F)CC1. The van der Waals surface area contributed by atoms with Crippen LogP contribution >= 0.6 is 0 Å². The molecule has 23 heavy (non-hydrogen) atoms. The van der Waals surface area contributed by atoms with Gasteiger partial charge < -0.3 is 10.4 Å². The fourth-order valence-corrected chi connectivity index (χ4v) is 2.53. The van der Waals surface area contributed by atoms with Gasteiger partial charge in [-0.3, -0.25) is 9.69 Å². The molecule has 1 heterocycles. The summed E-state index contributed by atoms with van der Waals surface area (Å²) in [6.45, 7) is 5.97. The van der Waals surface area contributed by atoms with Crippen molar-refractivity contribution >= 4 is 5.91 Å². The first kappa shape index (κ1) is 19.7.